The zero-order valence-corrected chi connectivity index (χ0v) is 17.7. The average molecular weight is 425 g/mol. The van der Waals surface area contributed by atoms with Crippen LogP contribution in [0.1, 0.15) is 21.5 Å². The number of aromatic nitrogens is 1. The summed E-state index contributed by atoms with van der Waals surface area (Å²) in [4.78, 5) is 28.8. The minimum atomic E-state index is -0.389. The fourth-order valence-electron chi connectivity index (χ4n) is 4.29. The molecule has 1 aromatic heterocycles. The van der Waals surface area contributed by atoms with E-state index in [-0.39, 0.29) is 29.4 Å². The van der Waals surface area contributed by atoms with Gasteiger partial charge in [-0.25, -0.2) is 0 Å². The molecule has 1 aliphatic heterocycles. The molecule has 6 heteroatoms. The van der Waals surface area contributed by atoms with Crippen molar-refractivity contribution in [1.29, 1.82) is 0 Å². The molecule has 0 atom stereocenters. The van der Waals surface area contributed by atoms with Gasteiger partial charge in [-0.1, -0.05) is 48.5 Å². The SMILES string of the molecule is Cn1c(=O)c(C(=O)N2CCc3ccccc32)c(OCc2ccccc2)c2cc(N)ccc21. The predicted molar refractivity (Wildman–Crippen MR) is 126 cm³/mol. The Balaban J connectivity index is 1.68. The fourth-order valence-corrected chi connectivity index (χ4v) is 4.29. The summed E-state index contributed by atoms with van der Waals surface area (Å²) < 4.78 is 7.67. The summed E-state index contributed by atoms with van der Waals surface area (Å²) in [6.07, 6.45) is 0.753. The second kappa shape index (κ2) is 7.89. The maximum atomic E-state index is 13.7. The molecule has 3 aromatic carbocycles. The highest BCUT2D eigenvalue weighted by molar-refractivity contribution is 6.11. The molecule has 4 aromatic rings. The van der Waals surface area contributed by atoms with Crippen LogP contribution in [0.2, 0.25) is 0 Å². The zero-order valence-electron chi connectivity index (χ0n) is 17.7. The largest absolute Gasteiger partial charge is 0.487 e. The second-order valence-electron chi connectivity index (χ2n) is 7.95. The van der Waals surface area contributed by atoms with Gasteiger partial charge in [-0.05, 0) is 41.8 Å². The van der Waals surface area contributed by atoms with Crippen LogP contribution in [0, 0.1) is 0 Å². The molecule has 5 rings (SSSR count). The number of hydrogen-bond acceptors (Lipinski definition) is 4. The number of anilines is 2. The van der Waals surface area contributed by atoms with Gasteiger partial charge in [-0.2, -0.15) is 0 Å². The summed E-state index contributed by atoms with van der Waals surface area (Å²) in [7, 11) is 1.66. The molecule has 0 aliphatic carbocycles. The predicted octanol–water partition coefficient (Wildman–Crippen LogP) is 3.90. The number of nitrogen functional groups attached to an aromatic ring is 1. The van der Waals surface area contributed by atoms with Crippen molar-refractivity contribution in [3.05, 3.63) is 99.8 Å². The van der Waals surface area contributed by atoms with Crippen LogP contribution in [0.4, 0.5) is 11.4 Å². The second-order valence-corrected chi connectivity index (χ2v) is 7.95. The van der Waals surface area contributed by atoms with Gasteiger partial charge in [0, 0.05) is 30.4 Å². The van der Waals surface area contributed by atoms with Gasteiger partial charge in [-0.15, -0.1) is 0 Å². The molecule has 1 amide bonds. The van der Waals surface area contributed by atoms with Crippen molar-refractivity contribution >= 4 is 28.2 Å². The number of nitrogens with zero attached hydrogens (tertiary/aromatic N) is 2. The highest BCUT2D eigenvalue weighted by atomic mass is 16.5. The maximum Gasteiger partial charge on any atom is 0.267 e. The Morgan fingerprint density at radius 1 is 1.03 bits per heavy atom. The molecular formula is C26H23N3O3. The van der Waals surface area contributed by atoms with Gasteiger partial charge >= 0.3 is 0 Å². The summed E-state index contributed by atoms with van der Waals surface area (Å²) in [6.45, 7) is 0.753. The molecule has 0 radical (unpaired) electrons. The smallest absolute Gasteiger partial charge is 0.267 e. The maximum absolute atomic E-state index is 13.7. The van der Waals surface area contributed by atoms with Crippen molar-refractivity contribution in [2.24, 2.45) is 7.05 Å². The van der Waals surface area contributed by atoms with E-state index in [4.69, 9.17) is 10.5 Å². The number of amides is 1. The number of fused-ring (bicyclic) bond motifs is 2. The molecule has 0 saturated carbocycles. The van der Waals surface area contributed by atoms with Crippen LogP contribution >= 0.6 is 0 Å². The Kier molecular flexibility index (Phi) is 4.90. The normalized spacial score (nSPS) is 12.7. The molecule has 1 aliphatic rings. The number of para-hydroxylation sites is 1. The lowest BCUT2D eigenvalue weighted by molar-refractivity contribution is 0.0983. The molecule has 0 bridgehead atoms. The minimum absolute atomic E-state index is 0.0261. The molecule has 2 heterocycles. The van der Waals surface area contributed by atoms with Crippen molar-refractivity contribution in [3.8, 4) is 5.75 Å². The van der Waals surface area contributed by atoms with Gasteiger partial charge in [0.15, 0.2) is 0 Å². The van der Waals surface area contributed by atoms with Crippen LogP contribution in [0.3, 0.4) is 0 Å². The number of hydrogen-bond donors (Lipinski definition) is 1. The van der Waals surface area contributed by atoms with Crippen LogP contribution in [-0.2, 0) is 20.1 Å². The number of carbonyl (C=O) groups is 1. The van der Waals surface area contributed by atoms with E-state index in [2.05, 4.69) is 0 Å². The first kappa shape index (κ1) is 19.9. The Bertz CT molecular complexity index is 1390. The topological polar surface area (TPSA) is 77.6 Å². The van der Waals surface area contributed by atoms with E-state index in [1.165, 1.54) is 4.57 Å². The van der Waals surface area contributed by atoms with E-state index in [0.717, 1.165) is 23.2 Å². The zero-order chi connectivity index (χ0) is 22.2. The molecule has 160 valence electrons. The van der Waals surface area contributed by atoms with Crippen molar-refractivity contribution in [3.63, 3.8) is 0 Å². The van der Waals surface area contributed by atoms with Gasteiger partial charge in [0.25, 0.3) is 11.5 Å². The number of ether oxygens (including phenoxy) is 1. The van der Waals surface area contributed by atoms with E-state index in [9.17, 15) is 9.59 Å². The Morgan fingerprint density at radius 3 is 2.59 bits per heavy atom. The highest BCUT2D eigenvalue weighted by Crippen LogP contribution is 2.34. The first-order valence-corrected chi connectivity index (χ1v) is 10.5. The number of pyridine rings is 1. The minimum Gasteiger partial charge on any atom is -0.487 e. The Morgan fingerprint density at radius 2 is 1.78 bits per heavy atom. The van der Waals surface area contributed by atoms with Gasteiger partial charge in [0.2, 0.25) is 0 Å². The molecule has 0 saturated heterocycles. The van der Waals surface area contributed by atoms with E-state index >= 15 is 0 Å². The third-order valence-corrected chi connectivity index (χ3v) is 5.94. The van der Waals surface area contributed by atoms with Gasteiger partial charge < -0.3 is 19.9 Å². The highest BCUT2D eigenvalue weighted by Gasteiger charge is 2.31. The molecule has 0 unspecified atom stereocenters. The Labute approximate surface area is 185 Å². The number of aryl methyl sites for hydroxylation is 1. The monoisotopic (exact) mass is 425 g/mol. The van der Waals surface area contributed by atoms with E-state index in [1.54, 1.807) is 30.1 Å². The number of nitrogens with two attached hydrogens (primary N) is 1. The van der Waals surface area contributed by atoms with Crippen molar-refractivity contribution in [2.45, 2.75) is 13.0 Å². The number of benzene rings is 3. The molecule has 0 spiro atoms. The molecule has 2 N–H and O–H groups in total. The van der Waals surface area contributed by atoms with Crippen molar-refractivity contribution < 1.29 is 9.53 Å². The Hall–Kier alpha value is -4.06. The number of rotatable bonds is 4. The summed E-state index contributed by atoms with van der Waals surface area (Å²) in [5.74, 6) is -0.0865. The van der Waals surface area contributed by atoms with Crippen LogP contribution in [0.5, 0.6) is 5.75 Å². The standard InChI is InChI=1S/C26H23N3O3/c1-28-22-12-11-19(27)15-20(22)24(32-16-17-7-3-2-4-8-17)23(25(28)30)26(31)29-14-13-18-9-5-6-10-21(18)29/h2-12,15H,13-14,16,27H2,1H3. The fraction of sp³-hybridized carbons (Fsp3) is 0.154. The third-order valence-electron chi connectivity index (χ3n) is 5.94. The molecule has 0 fully saturated rings. The number of carbonyl (C=O) groups excluding carboxylic acids is 1. The molecule has 6 nitrogen and oxygen atoms in total. The van der Waals surface area contributed by atoms with E-state index < -0.39 is 0 Å². The van der Waals surface area contributed by atoms with Crippen LogP contribution in [0.15, 0.2) is 77.6 Å². The molecule has 32 heavy (non-hydrogen) atoms. The van der Waals surface area contributed by atoms with Gasteiger partial charge in [-0.3, -0.25) is 9.59 Å². The first-order valence-electron chi connectivity index (χ1n) is 10.5. The summed E-state index contributed by atoms with van der Waals surface area (Å²) in [6, 6.07) is 22.7. The van der Waals surface area contributed by atoms with E-state index in [1.807, 2.05) is 54.6 Å². The summed E-state index contributed by atoms with van der Waals surface area (Å²) in [5, 5.41) is 0.638. The van der Waals surface area contributed by atoms with Crippen LogP contribution < -0.4 is 20.9 Å². The van der Waals surface area contributed by atoms with Gasteiger partial charge in [0.1, 0.15) is 17.9 Å². The van der Waals surface area contributed by atoms with Gasteiger partial charge in [0.05, 0.1) is 5.52 Å². The van der Waals surface area contributed by atoms with Crippen LogP contribution in [-0.4, -0.2) is 17.0 Å². The first-order chi connectivity index (χ1) is 15.5. The lowest BCUT2D eigenvalue weighted by atomic mass is 10.1. The van der Waals surface area contributed by atoms with Crippen molar-refractivity contribution in [2.75, 3.05) is 17.2 Å². The van der Waals surface area contributed by atoms with Crippen molar-refractivity contribution in [1.82, 2.24) is 4.57 Å². The van der Waals surface area contributed by atoms with E-state index in [0.29, 0.717) is 23.1 Å². The quantitative estimate of drug-likeness (QED) is 0.503. The average Bonchev–Trinajstić information content (AvgIpc) is 3.25. The third kappa shape index (κ3) is 3.30. The lowest BCUT2D eigenvalue weighted by Crippen LogP contribution is -2.36. The van der Waals surface area contributed by atoms with Crippen LogP contribution in [0.25, 0.3) is 10.9 Å². The summed E-state index contributed by atoms with van der Waals surface area (Å²) >= 11 is 0. The summed E-state index contributed by atoms with van der Waals surface area (Å²) in [5.41, 5.74) is 9.76. The lowest BCUT2D eigenvalue weighted by Gasteiger charge is -2.21. The molecular weight excluding hydrogens is 402 g/mol.